The predicted octanol–water partition coefficient (Wildman–Crippen LogP) is 1.91. The first-order valence-electron chi connectivity index (χ1n) is 8.18. The number of amides is 1. The van der Waals surface area contributed by atoms with E-state index in [1.807, 2.05) is 6.07 Å². The molecule has 1 saturated heterocycles. The molecule has 3 rings (SSSR count). The number of rotatable bonds is 4. The Balaban J connectivity index is 1.91. The lowest BCUT2D eigenvalue weighted by atomic mass is 10.1. The molecule has 1 heterocycles. The third-order valence-electron chi connectivity index (χ3n) is 4.39. The molecule has 2 aromatic rings. The van der Waals surface area contributed by atoms with Crippen LogP contribution in [0.2, 0.25) is 0 Å². The predicted molar refractivity (Wildman–Crippen MR) is 99.8 cm³/mol. The van der Waals surface area contributed by atoms with Crippen LogP contribution in [-0.2, 0) is 19.7 Å². The van der Waals surface area contributed by atoms with Gasteiger partial charge in [-0.25, -0.2) is 21.2 Å². The average molecular weight is 422 g/mol. The summed E-state index contributed by atoms with van der Waals surface area (Å²) in [5, 5.41) is 10.2. The number of halogens is 1. The van der Waals surface area contributed by atoms with Gasteiger partial charge in [0.1, 0.15) is 5.82 Å². The molecule has 0 aromatic heterocycles. The highest BCUT2D eigenvalue weighted by Crippen LogP contribution is 2.27. The number of nitriles is 1. The number of hydrogen-bond donors (Lipinski definition) is 1. The van der Waals surface area contributed by atoms with Gasteiger partial charge in [0.2, 0.25) is 0 Å². The van der Waals surface area contributed by atoms with E-state index in [-0.39, 0.29) is 28.3 Å². The molecule has 28 heavy (non-hydrogen) atoms. The lowest BCUT2D eigenvalue weighted by Crippen LogP contribution is -2.23. The maximum atomic E-state index is 14.2. The molecule has 2 aromatic carbocycles. The van der Waals surface area contributed by atoms with Crippen molar-refractivity contribution in [1.29, 1.82) is 5.26 Å². The molecule has 1 atom stereocenters. The summed E-state index contributed by atoms with van der Waals surface area (Å²) >= 11 is 0. The van der Waals surface area contributed by atoms with Crippen molar-refractivity contribution in [2.45, 2.75) is 16.6 Å². The fourth-order valence-corrected chi connectivity index (χ4v) is 7.30. The van der Waals surface area contributed by atoms with E-state index in [0.29, 0.717) is 0 Å². The van der Waals surface area contributed by atoms with Gasteiger partial charge in [0.15, 0.2) is 19.7 Å². The first-order valence-corrected chi connectivity index (χ1v) is 11.5. The average Bonchev–Trinajstić information content (AvgIpc) is 3.02. The Morgan fingerprint density at radius 2 is 1.96 bits per heavy atom. The first-order chi connectivity index (χ1) is 13.1. The van der Waals surface area contributed by atoms with Gasteiger partial charge in [-0.05, 0) is 42.8 Å². The zero-order valence-electron chi connectivity index (χ0n) is 14.4. The lowest BCUT2D eigenvalue weighted by Gasteiger charge is -2.12. The quantitative estimate of drug-likeness (QED) is 0.752. The highest BCUT2D eigenvalue weighted by molar-refractivity contribution is 7.96. The summed E-state index contributed by atoms with van der Waals surface area (Å²) in [5.74, 6) is -2.52. The van der Waals surface area contributed by atoms with Crippen LogP contribution in [0.1, 0.15) is 22.3 Å². The third kappa shape index (κ3) is 4.05. The number of nitrogens with one attached hydrogen (secondary N) is 1. The van der Waals surface area contributed by atoms with Gasteiger partial charge in [0.25, 0.3) is 5.91 Å². The van der Waals surface area contributed by atoms with Gasteiger partial charge < -0.3 is 5.32 Å². The van der Waals surface area contributed by atoms with Crippen LogP contribution in [0.4, 0.5) is 10.1 Å². The molecular weight excluding hydrogens is 407 g/mol. The van der Waals surface area contributed by atoms with Gasteiger partial charge in [0, 0.05) is 5.69 Å². The number of nitrogens with zero attached hydrogens (tertiary/aromatic N) is 1. The van der Waals surface area contributed by atoms with E-state index >= 15 is 0 Å². The molecule has 0 aliphatic carbocycles. The smallest absolute Gasteiger partial charge is 0.258 e. The van der Waals surface area contributed by atoms with Crippen LogP contribution in [-0.4, -0.2) is 39.5 Å². The second kappa shape index (κ2) is 7.33. The number of carbonyl (C=O) groups excluding carboxylic acids is 1. The molecule has 1 N–H and O–H groups in total. The monoisotopic (exact) mass is 422 g/mol. The van der Waals surface area contributed by atoms with Crippen molar-refractivity contribution in [3.63, 3.8) is 0 Å². The van der Waals surface area contributed by atoms with E-state index in [4.69, 9.17) is 5.26 Å². The molecule has 7 nitrogen and oxygen atoms in total. The lowest BCUT2D eigenvalue weighted by molar-refractivity contribution is 0.102. The summed E-state index contributed by atoms with van der Waals surface area (Å²) in [7, 11) is -7.46. The number of anilines is 1. The first kappa shape index (κ1) is 20.0. The molecule has 10 heteroatoms. The largest absolute Gasteiger partial charge is 0.322 e. The highest BCUT2D eigenvalue weighted by atomic mass is 32.2. The summed E-state index contributed by atoms with van der Waals surface area (Å²) < 4.78 is 62.7. The summed E-state index contributed by atoms with van der Waals surface area (Å²) in [6.07, 6.45) is -0.0372. The van der Waals surface area contributed by atoms with Crippen LogP contribution in [0.25, 0.3) is 0 Å². The summed E-state index contributed by atoms with van der Waals surface area (Å²) in [6.45, 7) is 0. The zero-order chi connectivity index (χ0) is 20.5. The molecule has 0 radical (unpaired) electrons. The summed E-state index contributed by atoms with van der Waals surface area (Å²) in [4.78, 5) is 12.1. The Morgan fingerprint density at radius 1 is 1.21 bits per heavy atom. The van der Waals surface area contributed by atoms with Gasteiger partial charge in [0.05, 0.1) is 38.8 Å². The van der Waals surface area contributed by atoms with Crippen molar-refractivity contribution in [3.8, 4) is 6.07 Å². The molecule has 1 amide bonds. The van der Waals surface area contributed by atoms with Crippen molar-refractivity contribution in [1.82, 2.24) is 0 Å². The van der Waals surface area contributed by atoms with E-state index < -0.39 is 48.0 Å². The maximum Gasteiger partial charge on any atom is 0.258 e. The Morgan fingerprint density at radius 3 is 2.61 bits per heavy atom. The van der Waals surface area contributed by atoms with E-state index in [2.05, 4.69) is 5.32 Å². The van der Waals surface area contributed by atoms with Gasteiger partial charge >= 0.3 is 0 Å². The number of carbonyl (C=O) groups is 1. The fraction of sp³-hybridized carbons (Fsp3) is 0.222. The Kier molecular flexibility index (Phi) is 5.23. The van der Waals surface area contributed by atoms with E-state index in [0.717, 1.165) is 18.2 Å². The standard InChI is InChI=1S/C18H15FN2O5S2/c19-17-5-4-14(28(25,26)15-6-7-27(23,24)11-15)9-16(17)18(22)21-13-3-1-2-12(8-13)10-20/h1-5,8-9,15H,6-7,11H2,(H,21,22)/t15-/m1/s1. The van der Waals surface area contributed by atoms with Crippen LogP contribution in [0, 0.1) is 17.1 Å². The molecular formula is C18H15FN2O5S2. The maximum absolute atomic E-state index is 14.2. The minimum atomic E-state index is -4.03. The molecule has 1 aliphatic rings. The van der Waals surface area contributed by atoms with Crippen molar-refractivity contribution in [2.75, 3.05) is 16.8 Å². The van der Waals surface area contributed by atoms with E-state index in [1.165, 1.54) is 24.3 Å². The molecule has 0 spiro atoms. The highest BCUT2D eigenvalue weighted by Gasteiger charge is 2.38. The van der Waals surface area contributed by atoms with Gasteiger partial charge in [-0.15, -0.1) is 0 Å². The summed E-state index contributed by atoms with van der Waals surface area (Å²) in [6, 6.07) is 10.6. The van der Waals surface area contributed by atoms with Gasteiger partial charge in [-0.2, -0.15) is 5.26 Å². The molecule has 1 aliphatic heterocycles. The van der Waals surface area contributed by atoms with Crippen LogP contribution in [0.5, 0.6) is 0 Å². The van der Waals surface area contributed by atoms with Crippen LogP contribution in [0.3, 0.4) is 0 Å². The van der Waals surface area contributed by atoms with Crippen molar-refractivity contribution in [2.24, 2.45) is 0 Å². The van der Waals surface area contributed by atoms with Crippen molar-refractivity contribution >= 4 is 31.3 Å². The van der Waals surface area contributed by atoms with Gasteiger partial charge in [-0.1, -0.05) is 6.07 Å². The Hall–Kier alpha value is -2.77. The third-order valence-corrected chi connectivity index (χ3v) is 8.56. The van der Waals surface area contributed by atoms with Crippen LogP contribution < -0.4 is 5.32 Å². The normalized spacial score (nSPS) is 18.4. The SMILES string of the molecule is N#Cc1cccc(NC(=O)c2cc(S(=O)(=O)[C@@H]3CCS(=O)(=O)C3)ccc2F)c1. The van der Waals surface area contributed by atoms with Crippen LogP contribution in [0.15, 0.2) is 47.4 Å². The minimum Gasteiger partial charge on any atom is -0.322 e. The van der Waals surface area contributed by atoms with Crippen molar-refractivity contribution in [3.05, 3.63) is 59.4 Å². The number of sulfone groups is 2. The number of benzene rings is 2. The Bertz CT molecular complexity index is 1200. The molecule has 0 unspecified atom stereocenters. The molecule has 146 valence electrons. The van der Waals surface area contributed by atoms with Gasteiger partial charge in [-0.3, -0.25) is 4.79 Å². The Labute approximate surface area is 161 Å². The fourth-order valence-electron chi connectivity index (χ4n) is 2.92. The van der Waals surface area contributed by atoms with Crippen LogP contribution >= 0.6 is 0 Å². The topological polar surface area (TPSA) is 121 Å². The summed E-state index contributed by atoms with van der Waals surface area (Å²) in [5.41, 5.74) is 0.0416. The molecule has 1 fully saturated rings. The molecule has 0 bridgehead atoms. The minimum absolute atomic E-state index is 0.0372. The van der Waals surface area contributed by atoms with Crippen molar-refractivity contribution < 1.29 is 26.0 Å². The zero-order valence-corrected chi connectivity index (χ0v) is 16.1. The van der Waals surface area contributed by atoms with E-state index in [9.17, 15) is 26.0 Å². The second-order valence-corrected chi connectivity index (χ2v) is 10.8. The molecule has 0 saturated carbocycles. The number of hydrogen-bond acceptors (Lipinski definition) is 6. The second-order valence-electron chi connectivity index (χ2n) is 6.36. The van der Waals surface area contributed by atoms with E-state index in [1.54, 1.807) is 0 Å².